The van der Waals surface area contributed by atoms with Crippen molar-refractivity contribution in [1.82, 2.24) is 10.1 Å². The van der Waals surface area contributed by atoms with Crippen LogP contribution in [0.5, 0.6) is 5.75 Å². The first-order valence-corrected chi connectivity index (χ1v) is 7.19. The highest BCUT2D eigenvalue weighted by Crippen LogP contribution is 2.22. The van der Waals surface area contributed by atoms with Gasteiger partial charge in [-0.05, 0) is 31.2 Å². The summed E-state index contributed by atoms with van der Waals surface area (Å²) in [5.74, 6) is 0.455. The summed E-state index contributed by atoms with van der Waals surface area (Å²) in [6, 6.07) is 14.1. The molecule has 0 saturated heterocycles. The molecule has 1 aromatic carbocycles. The average Bonchev–Trinajstić information content (AvgIpc) is 3.05. The van der Waals surface area contributed by atoms with Crippen LogP contribution in [0.2, 0.25) is 0 Å². The zero-order valence-electron chi connectivity index (χ0n) is 12.5. The molecule has 116 valence electrons. The number of aromatic nitrogens is 2. The summed E-state index contributed by atoms with van der Waals surface area (Å²) in [4.78, 5) is 16.5. The van der Waals surface area contributed by atoms with Crippen molar-refractivity contribution in [3.63, 3.8) is 0 Å². The Morgan fingerprint density at radius 1 is 1.17 bits per heavy atom. The van der Waals surface area contributed by atoms with Crippen molar-refractivity contribution in [2.24, 2.45) is 0 Å². The van der Waals surface area contributed by atoms with Gasteiger partial charge in [0, 0.05) is 12.3 Å². The fraction of sp³-hybridized carbons (Fsp3) is 0.118. The molecular formula is C17H15N3O3. The zero-order valence-corrected chi connectivity index (χ0v) is 12.5. The Morgan fingerprint density at radius 2 is 2.00 bits per heavy atom. The maximum atomic E-state index is 12.4. The molecule has 0 unspecified atom stereocenters. The van der Waals surface area contributed by atoms with E-state index in [2.05, 4.69) is 15.5 Å². The van der Waals surface area contributed by atoms with E-state index in [0.717, 1.165) is 0 Å². The predicted octanol–water partition coefficient (Wildman–Crippen LogP) is 3.39. The maximum Gasteiger partial charge on any atom is 0.261 e. The van der Waals surface area contributed by atoms with Crippen LogP contribution < -0.4 is 10.1 Å². The number of para-hydroxylation sites is 1. The van der Waals surface area contributed by atoms with Gasteiger partial charge in [-0.3, -0.25) is 15.1 Å². The second-order valence-electron chi connectivity index (χ2n) is 4.67. The van der Waals surface area contributed by atoms with Gasteiger partial charge in [0.05, 0.1) is 17.9 Å². The number of carbonyl (C=O) groups is 1. The zero-order chi connectivity index (χ0) is 16.1. The van der Waals surface area contributed by atoms with Crippen LogP contribution in [0.3, 0.4) is 0 Å². The lowest BCUT2D eigenvalue weighted by atomic mass is 10.2. The fourth-order valence-electron chi connectivity index (χ4n) is 2.08. The van der Waals surface area contributed by atoms with Gasteiger partial charge in [0.1, 0.15) is 11.4 Å². The van der Waals surface area contributed by atoms with E-state index in [1.54, 1.807) is 30.5 Å². The number of pyridine rings is 1. The summed E-state index contributed by atoms with van der Waals surface area (Å²) < 4.78 is 10.6. The molecule has 0 atom stereocenters. The Kier molecular flexibility index (Phi) is 4.33. The van der Waals surface area contributed by atoms with Crippen LogP contribution in [-0.4, -0.2) is 22.7 Å². The van der Waals surface area contributed by atoms with Gasteiger partial charge in [-0.1, -0.05) is 23.4 Å². The number of benzene rings is 1. The Bertz CT molecular complexity index is 800. The lowest BCUT2D eigenvalue weighted by Gasteiger charge is -2.08. The number of nitrogens with zero attached hydrogens (tertiary/aromatic N) is 2. The standard InChI is InChI=1S/C17H15N3O3/c1-2-22-15-9-4-3-7-12(15)17(21)19-16-11-14(20-23-16)13-8-5-6-10-18-13/h3-11H,2H2,1H3,(H,19,21). The molecule has 1 amide bonds. The van der Waals surface area contributed by atoms with Crippen LogP contribution in [-0.2, 0) is 0 Å². The van der Waals surface area contributed by atoms with E-state index >= 15 is 0 Å². The molecule has 6 nitrogen and oxygen atoms in total. The molecular weight excluding hydrogens is 294 g/mol. The number of carbonyl (C=O) groups excluding carboxylic acids is 1. The Hall–Kier alpha value is -3.15. The third kappa shape index (κ3) is 3.37. The van der Waals surface area contributed by atoms with E-state index < -0.39 is 0 Å². The lowest BCUT2D eigenvalue weighted by Crippen LogP contribution is -2.13. The molecule has 0 bridgehead atoms. The van der Waals surface area contributed by atoms with Gasteiger partial charge < -0.3 is 9.26 Å². The minimum absolute atomic E-state index is 0.252. The van der Waals surface area contributed by atoms with Gasteiger partial charge >= 0.3 is 0 Å². The first-order valence-electron chi connectivity index (χ1n) is 7.19. The van der Waals surface area contributed by atoms with E-state index in [1.807, 2.05) is 31.2 Å². The third-order valence-corrected chi connectivity index (χ3v) is 3.11. The summed E-state index contributed by atoms with van der Waals surface area (Å²) in [5.41, 5.74) is 1.66. The van der Waals surface area contributed by atoms with Crippen LogP contribution >= 0.6 is 0 Å². The van der Waals surface area contributed by atoms with Gasteiger partial charge in [0.25, 0.3) is 5.91 Å². The normalized spacial score (nSPS) is 10.3. The predicted molar refractivity (Wildman–Crippen MR) is 85.3 cm³/mol. The Morgan fingerprint density at radius 3 is 2.78 bits per heavy atom. The number of hydrogen-bond acceptors (Lipinski definition) is 5. The highest BCUT2D eigenvalue weighted by molar-refractivity contribution is 6.05. The van der Waals surface area contributed by atoms with Gasteiger partial charge in [0.2, 0.25) is 5.88 Å². The van der Waals surface area contributed by atoms with Crippen molar-refractivity contribution in [2.75, 3.05) is 11.9 Å². The molecule has 0 aliphatic carbocycles. The second kappa shape index (κ2) is 6.74. The molecule has 2 heterocycles. The van der Waals surface area contributed by atoms with Gasteiger partial charge in [-0.2, -0.15) is 0 Å². The summed E-state index contributed by atoms with van der Waals surface area (Å²) in [6.45, 7) is 2.35. The largest absolute Gasteiger partial charge is 0.493 e. The van der Waals surface area contributed by atoms with Gasteiger partial charge in [-0.25, -0.2) is 0 Å². The van der Waals surface area contributed by atoms with Crippen LogP contribution in [0.1, 0.15) is 17.3 Å². The molecule has 0 aliphatic heterocycles. The van der Waals surface area contributed by atoms with E-state index in [9.17, 15) is 4.79 Å². The van der Waals surface area contributed by atoms with Crippen LogP contribution in [0.15, 0.2) is 59.3 Å². The SMILES string of the molecule is CCOc1ccccc1C(=O)Nc1cc(-c2ccccn2)no1. The Balaban J connectivity index is 1.78. The average molecular weight is 309 g/mol. The Labute approximate surface area is 133 Å². The van der Waals surface area contributed by atoms with Crippen molar-refractivity contribution in [3.8, 4) is 17.1 Å². The molecule has 0 spiro atoms. The van der Waals surface area contributed by atoms with Gasteiger partial charge in [-0.15, -0.1) is 0 Å². The highest BCUT2D eigenvalue weighted by atomic mass is 16.5. The maximum absolute atomic E-state index is 12.4. The summed E-state index contributed by atoms with van der Waals surface area (Å²) in [7, 11) is 0. The van der Waals surface area contributed by atoms with Crippen molar-refractivity contribution in [1.29, 1.82) is 0 Å². The molecule has 0 saturated carbocycles. The minimum Gasteiger partial charge on any atom is -0.493 e. The number of amides is 1. The van der Waals surface area contributed by atoms with Gasteiger partial charge in [0.15, 0.2) is 0 Å². The molecule has 6 heteroatoms. The molecule has 0 fully saturated rings. The second-order valence-corrected chi connectivity index (χ2v) is 4.67. The highest BCUT2D eigenvalue weighted by Gasteiger charge is 2.15. The van der Waals surface area contributed by atoms with Crippen molar-refractivity contribution in [3.05, 3.63) is 60.3 Å². The first-order chi connectivity index (χ1) is 11.3. The van der Waals surface area contributed by atoms with E-state index in [0.29, 0.717) is 29.3 Å². The summed E-state index contributed by atoms with van der Waals surface area (Å²) in [5, 5.41) is 6.58. The van der Waals surface area contributed by atoms with Crippen LogP contribution in [0.25, 0.3) is 11.4 Å². The van der Waals surface area contributed by atoms with Crippen LogP contribution in [0.4, 0.5) is 5.88 Å². The lowest BCUT2D eigenvalue weighted by molar-refractivity contribution is 0.102. The molecule has 2 aromatic heterocycles. The molecule has 1 N–H and O–H groups in total. The number of ether oxygens (including phenoxy) is 1. The number of hydrogen-bond donors (Lipinski definition) is 1. The first kappa shape index (κ1) is 14.8. The van der Waals surface area contributed by atoms with Crippen LogP contribution in [0, 0.1) is 0 Å². The van der Waals surface area contributed by atoms with Crippen molar-refractivity contribution < 1.29 is 14.1 Å². The fourth-order valence-corrected chi connectivity index (χ4v) is 2.08. The van der Waals surface area contributed by atoms with Crippen molar-refractivity contribution in [2.45, 2.75) is 6.92 Å². The molecule has 23 heavy (non-hydrogen) atoms. The topological polar surface area (TPSA) is 77.2 Å². The summed E-state index contributed by atoms with van der Waals surface area (Å²) >= 11 is 0. The quantitative estimate of drug-likeness (QED) is 0.781. The van der Waals surface area contributed by atoms with E-state index in [4.69, 9.17) is 9.26 Å². The third-order valence-electron chi connectivity index (χ3n) is 3.11. The number of anilines is 1. The molecule has 3 aromatic rings. The van der Waals surface area contributed by atoms with E-state index in [-0.39, 0.29) is 11.8 Å². The summed E-state index contributed by atoms with van der Waals surface area (Å²) in [6.07, 6.45) is 1.67. The molecule has 0 aliphatic rings. The smallest absolute Gasteiger partial charge is 0.261 e. The number of rotatable bonds is 5. The monoisotopic (exact) mass is 309 g/mol. The van der Waals surface area contributed by atoms with Crippen molar-refractivity contribution >= 4 is 11.8 Å². The molecule has 3 rings (SSSR count). The molecule has 0 radical (unpaired) electrons. The van der Waals surface area contributed by atoms with E-state index in [1.165, 1.54) is 0 Å². The minimum atomic E-state index is -0.322. The number of nitrogens with one attached hydrogen (secondary N) is 1.